The Morgan fingerprint density at radius 2 is 0.829 bits per heavy atom. The topological polar surface area (TPSA) is 16.4 Å². The van der Waals surface area contributed by atoms with Crippen LogP contribution in [0.25, 0.3) is 86.6 Å². The number of rotatable bonds is 8. The molecule has 1 aliphatic rings. The third-order valence-electron chi connectivity index (χ3n) is 14.6. The SMILES string of the molecule is c1ccc(C2(c3ccccc3)c3ccccc3-c3cc(N(c4ccc(-c5ccc(-c6cccc7c6oc6ccccc67)cc5)cc4)c4ccc(-c5ccc6sc7ccccc7c6c5)cc4)ccc32)cc1. The molecule has 0 fully saturated rings. The van der Waals surface area contributed by atoms with Gasteiger partial charge in [0, 0.05) is 53.6 Å². The molecule has 2 heterocycles. The summed E-state index contributed by atoms with van der Waals surface area (Å²) in [5.74, 6) is 0. The maximum atomic E-state index is 6.40. The van der Waals surface area contributed by atoms with Crippen molar-refractivity contribution in [1.82, 2.24) is 0 Å². The van der Waals surface area contributed by atoms with Crippen LogP contribution in [0, 0.1) is 0 Å². The zero-order chi connectivity index (χ0) is 46.2. The second-order valence-corrected chi connectivity index (χ2v) is 19.4. The molecule has 0 amide bonds. The molecular formula is C67H43NOS. The molecule has 70 heavy (non-hydrogen) atoms. The smallest absolute Gasteiger partial charge is 0.143 e. The van der Waals surface area contributed by atoms with Gasteiger partial charge in [-0.2, -0.15) is 0 Å². The van der Waals surface area contributed by atoms with Crippen molar-refractivity contribution in [3.8, 4) is 44.5 Å². The van der Waals surface area contributed by atoms with Gasteiger partial charge in [-0.05, 0) is 122 Å². The molecule has 0 saturated carbocycles. The average Bonchev–Trinajstić information content (AvgIpc) is 4.10. The third kappa shape index (κ3) is 6.32. The zero-order valence-electron chi connectivity index (χ0n) is 38.1. The van der Waals surface area contributed by atoms with Crippen molar-refractivity contribution in [3.63, 3.8) is 0 Å². The standard InChI is InChI=1S/C67H43NOS/c1-3-14-49(15-4-1)67(50-16-5-2-6-17-50)61-23-10-7-18-55(61)59-43-53(39-40-62(59)67)68(52-37-32-46(33-38-52)48-34-41-65-60(42-48)57-20-9-12-25-64(57)70-65)51-35-30-45(31-36-51)44-26-28-47(29-27-44)54-21-13-22-58-56-19-8-11-24-63(56)69-66(54)58/h1-43H. The largest absolute Gasteiger partial charge is 0.455 e. The number of hydrogen-bond acceptors (Lipinski definition) is 3. The van der Waals surface area contributed by atoms with Gasteiger partial charge in [0.2, 0.25) is 0 Å². The molecule has 0 atom stereocenters. The Hall–Kier alpha value is -8.76. The minimum Gasteiger partial charge on any atom is -0.455 e. The van der Waals surface area contributed by atoms with Crippen molar-refractivity contribution in [2.75, 3.05) is 4.90 Å². The molecule has 0 bridgehead atoms. The molecular weight excluding hydrogens is 867 g/mol. The predicted octanol–water partition coefficient (Wildman–Crippen LogP) is 18.8. The van der Waals surface area contributed by atoms with Gasteiger partial charge >= 0.3 is 0 Å². The molecule has 13 aromatic rings. The summed E-state index contributed by atoms with van der Waals surface area (Å²) >= 11 is 1.86. The summed E-state index contributed by atoms with van der Waals surface area (Å²) in [6.45, 7) is 0. The van der Waals surface area contributed by atoms with Crippen molar-refractivity contribution in [1.29, 1.82) is 0 Å². The van der Waals surface area contributed by atoms with E-state index in [-0.39, 0.29) is 0 Å². The Balaban J connectivity index is 0.875. The monoisotopic (exact) mass is 909 g/mol. The number of furan rings is 1. The van der Waals surface area contributed by atoms with Crippen LogP contribution in [-0.4, -0.2) is 0 Å². The molecule has 0 aliphatic heterocycles. The second-order valence-electron chi connectivity index (χ2n) is 18.4. The van der Waals surface area contributed by atoms with E-state index in [1.807, 2.05) is 23.5 Å². The molecule has 3 heteroatoms. The van der Waals surface area contributed by atoms with E-state index < -0.39 is 5.41 Å². The minimum atomic E-state index is -0.468. The third-order valence-corrected chi connectivity index (χ3v) is 15.7. The highest BCUT2D eigenvalue weighted by atomic mass is 32.1. The maximum Gasteiger partial charge on any atom is 0.143 e. The van der Waals surface area contributed by atoms with Crippen LogP contribution < -0.4 is 4.90 Å². The molecule has 14 rings (SSSR count). The van der Waals surface area contributed by atoms with Crippen molar-refractivity contribution >= 4 is 70.5 Å². The van der Waals surface area contributed by atoms with E-state index in [1.54, 1.807) is 0 Å². The molecule has 0 saturated heterocycles. The van der Waals surface area contributed by atoms with Gasteiger partial charge in [0.15, 0.2) is 0 Å². The number of anilines is 3. The summed E-state index contributed by atoms with van der Waals surface area (Å²) in [6, 6.07) is 95.5. The molecule has 0 spiro atoms. The van der Waals surface area contributed by atoms with E-state index in [0.29, 0.717) is 0 Å². The lowest BCUT2D eigenvalue weighted by molar-refractivity contribution is 0.670. The van der Waals surface area contributed by atoms with Crippen LogP contribution in [0.3, 0.4) is 0 Å². The highest BCUT2D eigenvalue weighted by Crippen LogP contribution is 2.57. The summed E-state index contributed by atoms with van der Waals surface area (Å²) in [5, 5.41) is 4.90. The molecule has 0 radical (unpaired) electrons. The first-order valence-electron chi connectivity index (χ1n) is 24.0. The van der Waals surface area contributed by atoms with Gasteiger partial charge in [-0.3, -0.25) is 0 Å². The van der Waals surface area contributed by atoms with Gasteiger partial charge in [0.05, 0.1) is 5.41 Å². The van der Waals surface area contributed by atoms with E-state index in [4.69, 9.17) is 4.42 Å². The summed E-state index contributed by atoms with van der Waals surface area (Å²) in [4.78, 5) is 2.41. The Labute approximate surface area is 410 Å². The van der Waals surface area contributed by atoms with Crippen LogP contribution in [0.5, 0.6) is 0 Å². The normalized spacial score (nSPS) is 12.7. The number of hydrogen-bond donors (Lipinski definition) is 0. The first-order chi connectivity index (χ1) is 34.7. The van der Waals surface area contributed by atoms with Crippen LogP contribution in [0.15, 0.2) is 265 Å². The Bertz CT molecular complexity index is 4050. The van der Waals surface area contributed by atoms with Gasteiger partial charge in [-0.15, -0.1) is 11.3 Å². The predicted molar refractivity (Wildman–Crippen MR) is 295 cm³/mol. The summed E-state index contributed by atoms with van der Waals surface area (Å²) in [6.07, 6.45) is 0. The maximum absolute atomic E-state index is 6.40. The molecule has 11 aromatic carbocycles. The fraction of sp³-hybridized carbons (Fsp3) is 0.0149. The van der Waals surface area contributed by atoms with Gasteiger partial charge < -0.3 is 9.32 Å². The number of thiophene rings is 1. The average molecular weight is 910 g/mol. The fourth-order valence-corrected chi connectivity index (χ4v) is 12.4. The first-order valence-corrected chi connectivity index (χ1v) is 24.8. The van der Waals surface area contributed by atoms with Crippen molar-refractivity contribution in [2.24, 2.45) is 0 Å². The van der Waals surface area contributed by atoms with E-state index in [9.17, 15) is 0 Å². The molecule has 0 N–H and O–H groups in total. The minimum absolute atomic E-state index is 0.468. The molecule has 0 unspecified atom stereocenters. The van der Waals surface area contributed by atoms with Crippen molar-refractivity contribution < 1.29 is 4.42 Å². The number of fused-ring (bicyclic) bond motifs is 9. The molecule has 2 nitrogen and oxygen atoms in total. The lowest BCUT2D eigenvalue weighted by atomic mass is 9.68. The lowest BCUT2D eigenvalue weighted by Crippen LogP contribution is -2.28. The van der Waals surface area contributed by atoms with E-state index in [2.05, 4.69) is 254 Å². The van der Waals surface area contributed by atoms with Crippen LogP contribution in [-0.2, 0) is 5.41 Å². The summed E-state index contributed by atoms with van der Waals surface area (Å²) in [7, 11) is 0. The highest BCUT2D eigenvalue weighted by Gasteiger charge is 2.46. The lowest BCUT2D eigenvalue weighted by Gasteiger charge is -2.34. The molecule has 2 aromatic heterocycles. The fourth-order valence-electron chi connectivity index (χ4n) is 11.4. The van der Waals surface area contributed by atoms with Crippen molar-refractivity contribution in [3.05, 3.63) is 283 Å². The van der Waals surface area contributed by atoms with E-state index >= 15 is 0 Å². The van der Waals surface area contributed by atoms with Gasteiger partial charge in [-0.1, -0.05) is 200 Å². The van der Waals surface area contributed by atoms with Crippen molar-refractivity contribution in [2.45, 2.75) is 5.41 Å². The first kappa shape index (κ1) is 40.3. The van der Waals surface area contributed by atoms with E-state index in [1.165, 1.54) is 64.7 Å². The Kier molecular flexibility index (Phi) is 9.33. The van der Waals surface area contributed by atoms with Gasteiger partial charge in [0.25, 0.3) is 0 Å². The highest BCUT2D eigenvalue weighted by molar-refractivity contribution is 7.25. The second kappa shape index (κ2) is 16.2. The van der Waals surface area contributed by atoms with Crippen LogP contribution >= 0.6 is 11.3 Å². The number of benzene rings is 11. The summed E-state index contributed by atoms with van der Waals surface area (Å²) < 4.78 is 9.04. The Morgan fingerprint density at radius 1 is 0.314 bits per heavy atom. The quantitative estimate of drug-likeness (QED) is 0.151. The zero-order valence-corrected chi connectivity index (χ0v) is 38.9. The molecule has 328 valence electrons. The number of nitrogens with zero attached hydrogens (tertiary/aromatic N) is 1. The van der Waals surface area contributed by atoms with Crippen LogP contribution in [0.1, 0.15) is 22.3 Å². The Morgan fingerprint density at radius 3 is 1.56 bits per heavy atom. The van der Waals surface area contributed by atoms with Crippen LogP contribution in [0.4, 0.5) is 17.1 Å². The number of para-hydroxylation sites is 2. The van der Waals surface area contributed by atoms with Gasteiger partial charge in [0.1, 0.15) is 11.2 Å². The summed E-state index contributed by atoms with van der Waals surface area (Å²) in [5.41, 5.74) is 19.2. The van der Waals surface area contributed by atoms with E-state index in [0.717, 1.165) is 61.3 Å². The molecule has 1 aliphatic carbocycles. The van der Waals surface area contributed by atoms with Crippen LogP contribution in [0.2, 0.25) is 0 Å². The van der Waals surface area contributed by atoms with Gasteiger partial charge in [-0.25, -0.2) is 0 Å².